The number of rotatable bonds is 3. The average Bonchev–Trinajstić information content (AvgIpc) is 3.10. The Balaban J connectivity index is 2.14. The van der Waals surface area contributed by atoms with Gasteiger partial charge in [-0.3, -0.25) is 5.10 Å². The summed E-state index contributed by atoms with van der Waals surface area (Å²) in [4.78, 5) is 11.5. The topological polar surface area (TPSA) is 59.9 Å². The summed E-state index contributed by atoms with van der Waals surface area (Å²) >= 11 is 0. The van der Waals surface area contributed by atoms with Crippen LogP contribution in [0.2, 0.25) is 0 Å². The molecule has 0 saturated heterocycles. The number of hydrogen-bond acceptors (Lipinski definition) is 3. The molecule has 20 heavy (non-hydrogen) atoms. The number of benzene rings is 1. The van der Waals surface area contributed by atoms with Crippen LogP contribution in [0.1, 0.15) is 17.4 Å². The van der Waals surface area contributed by atoms with Crippen LogP contribution in [0.15, 0.2) is 36.5 Å². The molecule has 2 aromatic heterocycles. The molecule has 1 aromatic carbocycles. The van der Waals surface area contributed by atoms with Gasteiger partial charge in [-0.2, -0.15) is 5.10 Å². The quantitative estimate of drug-likeness (QED) is 0.744. The van der Waals surface area contributed by atoms with Gasteiger partial charge in [0.1, 0.15) is 5.69 Å². The van der Waals surface area contributed by atoms with Crippen LogP contribution < -0.4 is 0 Å². The fraction of sp³-hybridized carbons (Fsp3) is 0.200. The average molecular weight is 269 g/mol. The maximum Gasteiger partial charge on any atom is 0.356 e. The van der Waals surface area contributed by atoms with Crippen molar-refractivity contribution < 1.29 is 9.53 Å². The van der Waals surface area contributed by atoms with Gasteiger partial charge in [-0.25, -0.2) is 4.79 Å². The number of carbonyl (C=O) groups is 1. The SMILES string of the molecule is CCn1cc(-c2cc(C(=O)OC)[nH]n2)c2ccccc21. The van der Waals surface area contributed by atoms with E-state index in [0.717, 1.165) is 28.7 Å². The van der Waals surface area contributed by atoms with Gasteiger partial charge in [0.2, 0.25) is 0 Å². The number of aromatic amines is 1. The lowest BCUT2D eigenvalue weighted by molar-refractivity contribution is 0.0594. The van der Waals surface area contributed by atoms with E-state index in [1.165, 1.54) is 7.11 Å². The standard InChI is InChI=1S/C15H15N3O2/c1-3-18-9-11(10-6-4-5-7-14(10)18)12-8-13(17-16-12)15(19)20-2/h4-9H,3H2,1-2H3,(H,16,17). The van der Waals surface area contributed by atoms with E-state index in [2.05, 4.69) is 44.8 Å². The Bertz CT molecular complexity index is 770. The van der Waals surface area contributed by atoms with Gasteiger partial charge in [-0.05, 0) is 19.1 Å². The predicted molar refractivity (Wildman–Crippen MR) is 76.5 cm³/mol. The zero-order valence-electron chi connectivity index (χ0n) is 11.4. The third-order valence-electron chi connectivity index (χ3n) is 3.39. The third-order valence-corrected chi connectivity index (χ3v) is 3.39. The van der Waals surface area contributed by atoms with Gasteiger partial charge < -0.3 is 9.30 Å². The van der Waals surface area contributed by atoms with E-state index in [1.807, 2.05) is 12.1 Å². The molecule has 0 aliphatic rings. The number of ether oxygens (including phenoxy) is 1. The number of carbonyl (C=O) groups excluding carboxylic acids is 1. The minimum Gasteiger partial charge on any atom is -0.464 e. The Morgan fingerprint density at radius 2 is 2.20 bits per heavy atom. The number of hydrogen-bond donors (Lipinski definition) is 1. The van der Waals surface area contributed by atoms with E-state index < -0.39 is 5.97 Å². The van der Waals surface area contributed by atoms with Crippen molar-refractivity contribution in [3.63, 3.8) is 0 Å². The first kappa shape index (κ1) is 12.5. The van der Waals surface area contributed by atoms with Gasteiger partial charge in [0, 0.05) is 29.2 Å². The summed E-state index contributed by atoms with van der Waals surface area (Å²) in [5.74, 6) is -0.414. The molecule has 0 unspecified atom stereocenters. The third kappa shape index (κ3) is 1.87. The van der Waals surface area contributed by atoms with E-state index in [9.17, 15) is 4.79 Å². The number of para-hydroxylation sites is 1. The molecule has 0 atom stereocenters. The number of fused-ring (bicyclic) bond motifs is 1. The number of aromatic nitrogens is 3. The lowest BCUT2D eigenvalue weighted by Crippen LogP contribution is -2.00. The molecule has 0 aliphatic carbocycles. The maximum atomic E-state index is 11.5. The molecule has 5 heteroatoms. The molecular weight excluding hydrogens is 254 g/mol. The van der Waals surface area contributed by atoms with E-state index in [-0.39, 0.29) is 0 Å². The molecule has 0 saturated carbocycles. The second-order valence-corrected chi connectivity index (χ2v) is 4.50. The Kier molecular flexibility index (Phi) is 3.02. The van der Waals surface area contributed by atoms with Crippen LogP contribution in [-0.4, -0.2) is 27.8 Å². The van der Waals surface area contributed by atoms with Gasteiger partial charge in [0.05, 0.1) is 12.8 Å². The summed E-state index contributed by atoms with van der Waals surface area (Å²) in [6.07, 6.45) is 2.06. The summed E-state index contributed by atoms with van der Waals surface area (Å²) in [5.41, 5.74) is 3.27. The van der Waals surface area contributed by atoms with Crippen LogP contribution in [0.4, 0.5) is 0 Å². The molecule has 0 aliphatic heterocycles. The van der Waals surface area contributed by atoms with E-state index in [0.29, 0.717) is 5.69 Å². The van der Waals surface area contributed by atoms with Crippen LogP contribution >= 0.6 is 0 Å². The number of H-pyrrole nitrogens is 1. The minimum absolute atomic E-state index is 0.357. The normalized spacial score (nSPS) is 10.9. The highest BCUT2D eigenvalue weighted by Gasteiger charge is 2.15. The Hall–Kier alpha value is -2.56. The smallest absolute Gasteiger partial charge is 0.356 e. The Morgan fingerprint density at radius 1 is 1.40 bits per heavy atom. The van der Waals surface area contributed by atoms with Gasteiger partial charge in [-0.15, -0.1) is 0 Å². The first-order valence-corrected chi connectivity index (χ1v) is 6.46. The highest BCUT2D eigenvalue weighted by atomic mass is 16.5. The van der Waals surface area contributed by atoms with Gasteiger partial charge >= 0.3 is 5.97 Å². The monoisotopic (exact) mass is 269 g/mol. The minimum atomic E-state index is -0.414. The summed E-state index contributed by atoms with van der Waals surface area (Å²) in [6, 6.07) is 9.87. The summed E-state index contributed by atoms with van der Waals surface area (Å²) in [7, 11) is 1.35. The molecule has 0 bridgehead atoms. The number of esters is 1. The summed E-state index contributed by atoms with van der Waals surface area (Å²) in [5, 5.41) is 8.05. The molecule has 0 fully saturated rings. The van der Waals surface area contributed by atoms with Crippen LogP contribution in [0.5, 0.6) is 0 Å². The largest absolute Gasteiger partial charge is 0.464 e. The van der Waals surface area contributed by atoms with Crippen LogP contribution in [0.25, 0.3) is 22.2 Å². The molecule has 102 valence electrons. The summed E-state index contributed by atoms with van der Waals surface area (Å²) < 4.78 is 6.85. The molecule has 5 nitrogen and oxygen atoms in total. The Labute approximate surface area is 116 Å². The zero-order chi connectivity index (χ0) is 14.1. The lowest BCUT2D eigenvalue weighted by Gasteiger charge is -1.97. The highest BCUT2D eigenvalue weighted by molar-refractivity contribution is 5.96. The second-order valence-electron chi connectivity index (χ2n) is 4.50. The summed E-state index contributed by atoms with van der Waals surface area (Å²) in [6.45, 7) is 2.98. The van der Waals surface area contributed by atoms with Gasteiger partial charge in [-0.1, -0.05) is 18.2 Å². The lowest BCUT2D eigenvalue weighted by atomic mass is 10.1. The van der Waals surface area contributed by atoms with E-state index in [4.69, 9.17) is 0 Å². The van der Waals surface area contributed by atoms with Gasteiger partial charge in [0.25, 0.3) is 0 Å². The van der Waals surface area contributed by atoms with Crippen molar-refractivity contribution in [2.24, 2.45) is 0 Å². The van der Waals surface area contributed by atoms with Crippen molar-refractivity contribution in [3.8, 4) is 11.3 Å². The van der Waals surface area contributed by atoms with E-state index in [1.54, 1.807) is 6.07 Å². The van der Waals surface area contributed by atoms with Crippen molar-refractivity contribution in [2.75, 3.05) is 7.11 Å². The maximum absolute atomic E-state index is 11.5. The van der Waals surface area contributed by atoms with Crippen LogP contribution in [0, 0.1) is 0 Å². The molecule has 0 spiro atoms. The van der Waals surface area contributed by atoms with E-state index >= 15 is 0 Å². The molecule has 0 radical (unpaired) electrons. The predicted octanol–water partition coefficient (Wildman–Crippen LogP) is 2.84. The molecule has 3 rings (SSSR count). The molecule has 2 heterocycles. The number of aryl methyl sites for hydroxylation is 1. The van der Waals surface area contributed by atoms with Gasteiger partial charge in [0.15, 0.2) is 0 Å². The molecular formula is C15H15N3O2. The van der Waals surface area contributed by atoms with Crippen molar-refractivity contribution in [1.29, 1.82) is 0 Å². The number of nitrogens with one attached hydrogen (secondary N) is 1. The Morgan fingerprint density at radius 3 is 2.95 bits per heavy atom. The van der Waals surface area contributed by atoms with Crippen molar-refractivity contribution >= 4 is 16.9 Å². The number of methoxy groups -OCH3 is 1. The highest BCUT2D eigenvalue weighted by Crippen LogP contribution is 2.29. The first-order valence-electron chi connectivity index (χ1n) is 6.46. The number of nitrogens with zero attached hydrogens (tertiary/aromatic N) is 2. The first-order chi connectivity index (χ1) is 9.74. The molecule has 1 N–H and O–H groups in total. The fourth-order valence-corrected chi connectivity index (χ4v) is 2.39. The zero-order valence-corrected chi connectivity index (χ0v) is 11.4. The fourth-order valence-electron chi connectivity index (χ4n) is 2.39. The van der Waals surface area contributed by atoms with Crippen LogP contribution in [0.3, 0.4) is 0 Å². The molecule has 0 amide bonds. The second kappa shape index (κ2) is 4.85. The van der Waals surface area contributed by atoms with Crippen molar-refractivity contribution in [2.45, 2.75) is 13.5 Å². The molecule has 3 aromatic rings. The van der Waals surface area contributed by atoms with Crippen molar-refractivity contribution in [3.05, 3.63) is 42.2 Å². The van der Waals surface area contributed by atoms with Crippen molar-refractivity contribution in [1.82, 2.24) is 14.8 Å². The van der Waals surface area contributed by atoms with Crippen LogP contribution in [-0.2, 0) is 11.3 Å².